The predicted octanol–water partition coefficient (Wildman–Crippen LogP) is 3.78. The molecule has 3 aromatic rings. The summed E-state index contributed by atoms with van der Waals surface area (Å²) >= 11 is 0. The van der Waals surface area contributed by atoms with E-state index < -0.39 is 0 Å². The maximum atomic E-state index is 6.05. The van der Waals surface area contributed by atoms with Gasteiger partial charge >= 0.3 is 0 Å². The second-order valence-electron chi connectivity index (χ2n) is 5.16. The lowest BCUT2D eigenvalue weighted by Gasteiger charge is -2.20. The quantitative estimate of drug-likeness (QED) is 0.774. The Morgan fingerprint density at radius 1 is 1.05 bits per heavy atom. The fourth-order valence-corrected chi connectivity index (χ4v) is 2.74. The van der Waals surface area contributed by atoms with Crippen LogP contribution in [0.4, 0.5) is 5.69 Å². The molecule has 4 rings (SSSR count). The standard InChI is InChI=1S/C17H15N3O/c1-2-8-14-13(5-1)11-19-20-17(14)21-15-9-3-6-12-7-4-10-18-16(12)15/h1-3,5-6,8-9,11,18H,4,7,10H2. The highest BCUT2D eigenvalue weighted by molar-refractivity contribution is 5.86. The van der Waals surface area contributed by atoms with Crippen LogP contribution in [-0.4, -0.2) is 16.7 Å². The zero-order valence-electron chi connectivity index (χ0n) is 11.5. The van der Waals surface area contributed by atoms with Crippen LogP contribution in [0.1, 0.15) is 12.0 Å². The van der Waals surface area contributed by atoms with Crippen molar-refractivity contribution >= 4 is 16.5 Å². The summed E-state index contributed by atoms with van der Waals surface area (Å²) in [6.07, 6.45) is 3.99. The number of hydrogen-bond donors (Lipinski definition) is 1. The number of aromatic nitrogens is 2. The Morgan fingerprint density at radius 3 is 3.00 bits per heavy atom. The van der Waals surface area contributed by atoms with E-state index in [4.69, 9.17) is 4.74 Å². The van der Waals surface area contributed by atoms with Gasteiger partial charge in [0.2, 0.25) is 5.88 Å². The van der Waals surface area contributed by atoms with Crippen molar-refractivity contribution in [3.63, 3.8) is 0 Å². The van der Waals surface area contributed by atoms with Gasteiger partial charge < -0.3 is 10.1 Å². The number of nitrogens with zero attached hydrogens (tertiary/aromatic N) is 2. The Kier molecular flexibility index (Phi) is 2.92. The third-order valence-electron chi connectivity index (χ3n) is 3.78. The first-order valence-corrected chi connectivity index (χ1v) is 7.16. The Bertz CT molecular complexity index is 796. The molecule has 0 fully saturated rings. The van der Waals surface area contributed by atoms with Gasteiger partial charge in [0.15, 0.2) is 5.75 Å². The van der Waals surface area contributed by atoms with E-state index in [2.05, 4.69) is 21.6 Å². The number of anilines is 1. The van der Waals surface area contributed by atoms with E-state index in [0.29, 0.717) is 5.88 Å². The molecule has 1 aliphatic heterocycles. The van der Waals surface area contributed by atoms with Crippen molar-refractivity contribution in [2.45, 2.75) is 12.8 Å². The van der Waals surface area contributed by atoms with Crippen LogP contribution in [0.25, 0.3) is 10.8 Å². The van der Waals surface area contributed by atoms with E-state index in [-0.39, 0.29) is 0 Å². The Balaban J connectivity index is 1.79. The highest BCUT2D eigenvalue weighted by atomic mass is 16.5. The first-order valence-electron chi connectivity index (χ1n) is 7.16. The Labute approximate surface area is 122 Å². The molecular weight excluding hydrogens is 262 g/mol. The molecule has 0 aliphatic carbocycles. The molecule has 0 saturated heterocycles. The topological polar surface area (TPSA) is 47.0 Å². The summed E-state index contributed by atoms with van der Waals surface area (Å²) in [6, 6.07) is 14.1. The molecule has 0 unspecified atom stereocenters. The van der Waals surface area contributed by atoms with Gasteiger partial charge in [0.25, 0.3) is 0 Å². The number of hydrogen-bond acceptors (Lipinski definition) is 4. The lowest BCUT2D eigenvalue weighted by molar-refractivity contribution is 0.462. The molecule has 0 spiro atoms. The van der Waals surface area contributed by atoms with Crippen molar-refractivity contribution in [3.8, 4) is 11.6 Å². The average molecular weight is 277 g/mol. The van der Waals surface area contributed by atoms with Crippen molar-refractivity contribution in [3.05, 3.63) is 54.2 Å². The normalized spacial score (nSPS) is 13.5. The van der Waals surface area contributed by atoms with Crippen LogP contribution >= 0.6 is 0 Å². The minimum atomic E-state index is 0.550. The second kappa shape index (κ2) is 5.05. The van der Waals surface area contributed by atoms with Crippen LogP contribution in [0.2, 0.25) is 0 Å². The summed E-state index contributed by atoms with van der Waals surface area (Å²) in [7, 11) is 0. The fraction of sp³-hybridized carbons (Fsp3) is 0.176. The summed E-state index contributed by atoms with van der Waals surface area (Å²) in [5.74, 6) is 1.37. The molecule has 21 heavy (non-hydrogen) atoms. The molecule has 1 aliphatic rings. The molecule has 0 bridgehead atoms. The van der Waals surface area contributed by atoms with Crippen LogP contribution in [0.3, 0.4) is 0 Å². The molecule has 1 aromatic heterocycles. The first-order chi connectivity index (χ1) is 10.4. The number of fused-ring (bicyclic) bond motifs is 2. The third-order valence-corrected chi connectivity index (χ3v) is 3.78. The molecule has 2 heterocycles. The van der Waals surface area contributed by atoms with Gasteiger partial charge in [0.05, 0.1) is 11.9 Å². The van der Waals surface area contributed by atoms with Gasteiger partial charge in [0, 0.05) is 17.3 Å². The van der Waals surface area contributed by atoms with Crippen LogP contribution in [0, 0.1) is 0 Å². The van der Waals surface area contributed by atoms with E-state index in [1.54, 1.807) is 6.20 Å². The van der Waals surface area contributed by atoms with Gasteiger partial charge in [-0.05, 0) is 30.5 Å². The lowest BCUT2D eigenvalue weighted by Crippen LogP contribution is -2.12. The number of para-hydroxylation sites is 1. The highest BCUT2D eigenvalue weighted by Gasteiger charge is 2.15. The SMILES string of the molecule is c1cc2c(c(Oc3nncc4ccccc34)c1)NCCC2. The second-order valence-corrected chi connectivity index (χ2v) is 5.16. The number of ether oxygens (including phenoxy) is 1. The first kappa shape index (κ1) is 12.1. The van der Waals surface area contributed by atoms with E-state index >= 15 is 0 Å². The summed E-state index contributed by atoms with van der Waals surface area (Å²) in [5, 5.41) is 13.6. The van der Waals surface area contributed by atoms with Crippen LogP contribution < -0.4 is 10.1 Å². The smallest absolute Gasteiger partial charge is 0.246 e. The molecule has 2 aromatic carbocycles. The van der Waals surface area contributed by atoms with Crippen LogP contribution in [0.15, 0.2) is 48.7 Å². The number of aryl methyl sites for hydroxylation is 1. The summed E-state index contributed by atoms with van der Waals surface area (Å²) in [4.78, 5) is 0. The molecule has 104 valence electrons. The number of nitrogens with one attached hydrogen (secondary N) is 1. The van der Waals surface area contributed by atoms with Gasteiger partial charge in [-0.15, -0.1) is 5.10 Å². The largest absolute Gasteiger partial charge is 0.435 e. The van der Waals surface area contributed by atoms with Crippen molar-refractivity contribution in [1.82, 2.24) is 10.2 Å². The molecule has 0 radical (unpaired) electrons. The zero-order chi connectivity index (χ0) is 14.1. The van der Waals surface area contributed by atoms with E-state index in [1.807, 2.05) is 36.4 Å². The van der Waals surface area contributed by atoms with E-state index in [9.17, 15) is 0 Å². The number of rotatable bonds is 2. The predicted molar refractivity (Wildman–Crippen MR) is 82.9 cm³/mol. The lowest BCUT2D eigenvalue weighted by atomic mass is 10.0. The molecule has 0 saturated carbocycles. The highest BCUT2D eigenvalue weighted by Crippen LogP contribution is 2.36. The van der Waals surface area contributed by atoms with Gasteiger partial charge in [0.1, 0.15) is 0 Å². The molecule has 0 atom stereocenters. The molecule has 4 nitrogen and oxygen atoms in total. The van der Waals surface area contributed by atoms with Gasteiger partial charge in [-0.3, -0.25) is 0 Å². The van der Waals surface area contributed by atoms with E-state index in [0.717, 1.165) is 41.6 Å². The molecule has 1 N–H and O–H groups in total. The van der Waals surface area contributed by atoms with Crippen LogP contribution in [0.5, 0.6) is 11.6 Å². The van der Waals surface area contributed by atoms with Gasteiger partial charge in [-0.25, -0.2) is 0 Å². The summed E-state index contributed by atoms with van der Waals surface area (Å²) in [6.45, 7) is 0.981. The maximum absolute atomic E-state index is 6.05. The molecule has 4 heteroatoms. The monoisotopic (exact) mass is 277 g/mol. The Hall–Kier alpha value is -2.62. The summed E-state index contributed by atoms with van der Waals surface area (Å²) in [5.41, 5.74) is 2.38. The van der Waals surface area contributed by atoms with Crippen LogP contribution in [-0.2, 0) is 6.42 Å². The van der Waals surface area contributed by atoms with Crippen molar-refractivity contribution in [2.24, 2.45) is 0 Å². The zero-order valence-corrected chi connectivity index (χ0v) is 11.5. The van der Waals surface area contributed by atoms with E-state index in [1.165, 1.54) is 5.56 Å². The van der Waals surface area contributed by atoms with Gasteiger partial charge in [-0.2, -0.15) is 5.10 Å². The minimum Gasteiger partial charge on any atom is -0.435 e. The average Bonchev–Trinajstić information content (AvgIpc) is 2.56. The molecular formula is C17H15N3O. The number of benzene rings is 2. The Morgan fingerprint density at radius 2 is 2.00 bits per heavy atom. The maximum Gasteiger partial charge on any atom is 0.246 e. The minimum absolute atomic E-state index is 0.550. The van der Waals surface area contributed by atoms with Crippen molar-refractivity contribution in [2.75, 3.05) is 11.9 Å². The van der Waals surface area contributed by atoms with Crippen molar-refractivity contribution in [1.29, 1.82) is 0 Å². The third kappa shape index (κ3) is 2.18. The molecule has 0 amide bonds. The van der Waals surface area contributed by atoms with Crippen molar-refractivity contribution < 1.29 is 4.74 Å². The fourth-order valence-electron chi connectivity index (χ4n) is 2.74. The van der Waals surface area contributed by atoms with Gasteiger partial charge in [-0.1, -0.05) is 30.3 Å². The summed E-state index contributed by atoms with van der Waals surface area (Å²) < 4.78 is 6.05.